The molecule has 70 valence electrons. The zero-order chi connectivity index (χ0) is 9.14. The van der Waals surface area contributed by atoms with E-state index in [1.54, 1.807) is 0 Å². The van der Waals surface area contributed by atoms with Crippen molar-refractivity contribution < 1.29 is 4.79 Å². The van der Waals surface area contributed by atoms with Crippen LogP contribution in [0.25, 0.3) is 0 Å². The second-order valence-electron chi connectivity index (χ2n) is 4.34. The summed E-state index contributed by atoms with van der Waals surface area (Å²) < 4.78 is 0. The van der Waals surface area contributed by atoms with E-state index in [2.05, 4.69) is 20.8 Å². The molecule has 1 saturated carbocycles. The Morgan fingerprint density at radius 1 is 1.58 bits per heavy atom. The second kappa shape index (κ2) is 4.06. The Labute approximate surface area is 75.5 Å². The quantitative estimate of drug-likeness (QED) is 0.619. The van der Waals surface area contributed by atoms with Crippen LogP contribution in [0.5, 0.6) is 0 Å². The molecule has 0 N–H and O–H groups in total. The molecule has 0 spiro atoms. The third-order valence-corrected chi connectivity index (χ3v) is 3.28. The predicted molar refractivity (Wildman–Crippen MR) is 51.0 cm³/mol. The number of rotatable bonds is 2. The average Bonchev–Trinajstić information content (AvgIpc) is 2.08. The van der Waals surface area contributed by atoms with Crippen molar-refractivity contribution in [2.45, 2.75) is 46.5 Å². The van der Waals surface area contributed by atoms with Gasteiger partial charge < -0.3 is 0 Å². The van der Waals surface area contributed by atoms with Crippen LogP contribution in [0.1, 0.15) is 46.5 Å². The number of hydrogen-bond acceptors (Lipinski definition) is 1. The molecule has 1 heteroatoms. The Hall–Kier alpha value is -0.330. The van der Waals surface area contributed by atoms with Crippen LogP contribution in [0.3, 0.4) is 0 Å². The molecule has 0 bridgehead atoms. The fourth-order valence-electron chi connectivity index (χ4n) is 2.09. The number of carbonyl (C=O) groups is 1. The number of ketones is 1. The number of carbonyl (C=O) groups excluding carboxylic acids is 1. The summed E-state index contributed by atoms with van der Waals surface area (Å²) in [5.41, 5.74) is 0. The molecular weight excluding hydrogens is 148 g/mol. The molecule has 12 heavy (non-hydrogen) atoms. The summed E-state index contributed by atoms with van der Waals surface area (Å²) in [6.07, 6.45) is 4.22. The standard InChI is InChI=1S/C11H20O/c1-4-9(3)10-7-8(2)5-6-11(10)12/h8-10H,4-7H2,1-3H3/t8?,9-,10-/m0/s1. The average molecular weight is 168 g/mol. The first kappa shape index (κ1) is 9.76. The molecule has 1 unspecified atom stereocenters. The molecule has 1 aliphatic carbocycles. The third kappa shape index (κ3) is 2.09. The van der Waals surface area contributed by atoms with Crippen molar-refractivity contribution in [3.05, 3.63) is 0 Å². The first-order valence-corrected chi connectivity index (χ1v) is 5.17. The van der Waals surface area contributed by atoms with Crippen molar-refractivity contribution in [2.75, 3.05) is 0 Å². The van der Waals surface area contributed by atoms with Crippen LogP contribution < -0.4 is 0 Å². The van der Waals surface area contributed by atoms with Gasteiger partial charge in [-0.3, -0.25) is 4.79 Å². The lowest BCUT2D eigenvalue weighted by molar-refractivity contribution is -0.127. The smallest absolute Gasteiger partial charge is 0.136 e. The molecule has 1 nitrogen and oxygen atoms in total. The Morgan fingerprint density at radius 3 is 2.83 bits per heavy atom. The van der Waals surface area contributed by atoms with Gasteiger partial charge in [-0.2, -0.15) is 0 Å². The van der Waals surface area contributed by atoms with Crippen LogP contribution >= 0.6 is 0 Å². The molecule has 1 fully saturated rings. The highest BCUT2D eigenvalue weighted by Gasteiger charge is 2.29. The van der Waals surface area contributed by atoms with E-state index in [1.165, 1.54) is 0 Å². The molecule has 0 heterocycles. The van der Waals surface area contributed by atoms with Crippen molar-refractivity contribution in [1.82, 2.24) is 0 Å². The highest BCUT2D eigenvalue weighted by Crippen LogP contribution is 2.32. The highest BCUT2D eigenvalue weighted by atomic mass is 16.1. The summed E-state index contributed by atoms with van der Waals surface area (Å²) in [5, 5.41) is 0. The van der Waals surface area contributed by atoms with E-state index in [0.29, 0.717) is 17.6 Å². The van der Waals surface area contributed by atoms with Crippen LogP contribution in [0, 0.1) is 17.8 Å². The van der Waals surface area contributed by atoms with E-state index in [1.807, 2.05) is 0 Å². The van der Waals surface area contributed by atoms with Gasteiger partial charge >= 0.3 is 0 Å². The lowest BCUT2D eigenvalue weighted by Gasteiger charge is -2.29. The van der Waals surface area contributed by atoms with Gasteiger partial charge in [0.25, 0.3) is 0 Å². The lowest BCUT2D eigenvalue weighted by Crippen LogP contribution is -2.28. The van der Waals surface area contributed by atoms with Crippen LogP contribution in [-0.4, -0.2) is 5.78 Å². The van der Waals surface area contributed by atoms with E-state index in [0.717, 1.165) is 31.6 Å². The van der Waals surface area contributed by atoms with Gasteiger partial charge in [-0.1, -0.05) is 27.2 Å². The normalized spacial score (nSPS) is 33.4. The van der Waals surface area contributed by atoms with Crippen molar-refractivity contribution in [2.24, 2.45) is 17.8 Å². The summed E-state index contributed by atoms with van der Waals surface area (Å²) in [6, 6.07) is 0. The molecule has 0 aromatic heterocycles. The fraction of sp³-hybridized carbons (Fsp3) is 0.909. The summed E-state index contributed by atoms with van der Waals surface area (Å²) in [7, 11) is 0. The Morgan fingerprint density at radius 2 is 2.25 bits per heavy atom. The maximum Gasteiger partial charge on any atom is 0.136 e. The summed E-state index contributed by atoms with van der Waals surface area (Å²) in [5.74, 6) is 2.25. The summed E-state index contributed by atoms with van der Waals surface area (Å²) >= 11 is 0. The van der Waals surface area contributed by atoms with E-state index in [9.17, 15) is 4.79 Å². The van der Waals surface area contributed by atoms with Crippen molar-refractivity contribution >= 4 is 5.78 Å². The van der Waals surface area contributed by atoms with Crippen LogP contribution in [0.2, 0.25) is 0 Å². The van der Waals surface area contributed by atoms with Gasteiger partial charge in [-0.25, -0.2) is 0 Å². The van der Waals surface area contributed by atoms with Crippen LogP contribution in [-0.2, 0) is 4.79 Å². The fourth-order valence-corrected chi connectivity index (χ4v) is 2.09. The summed E-state index contributed by atoms with van der Waals surface area (Å²) in [6.45, 7) is 6.65. The summed E-state index contributed by atoms with van der Waals surface area (Å²) in [4.78, 5) is 11.5. The molecule has 0 amide bonds. The molecule has 0 saturated heterocycles. The van der Waals surface area contributed by atoms with Gasteiger partial charge in [0, 0.05) is 12.3 Å². The lowest BCUT2D eigenvalue weighted by atomic mass is 9.75. The monoisotopic (exact) mass is 168 g/mol. The minimum atomic E-state index is 0.374. The molecule has 1 rings (SSSR count). The topological polar surface area (TPSA) is 17.1 Å². The first-order valence-electron chi connectivity index (χ1n) is 5.17. The molecule has 0 radical (unpaired) electrons. The molecule has 3 atom stereocenters. The third-order valence-electron chi connectivity index (χ3n) is 3.28. The van der Waals surface area contributed by atoms with Gasteiger partial charge in [0.05, 0.1) is 0 Å². The zero-order valence-corrected chi connectivity index (χ0v) is 8.47. The van der Waals surface area contributed by atoms with Gasteiger partial charge in [-0.15, -0.1) is 0 Å². The molecule has 0 aromatic carbocycles. The molecule has 1 aliphatic rings. The van der Waals surface area contributed by atoms with Gasteiger partial charge in [-0.05, 0) is 24.7 Å². The first-order chi connectivity index (χ1) is 5.65. The Balaban J connectivity index is 2.54. The maximum atomic E-state index is 11.5. The van der Waals surface area contributed by atoms with Crippen molar-refractivity contribution in [3.63, 3.8) is 0 Å². The number of hydrogen-bond donors (Lipinski definition) is 0. The molecule has 0 aromatic rings. The molecule has 0 aliphatic heterocycles. The highest BCUT2D eigenvalue weighted by molar-refractivity contribution is 5.81. The SMILES string of the molecule is CC[C@H](C)[C@@H]1CC(C)CCC1=O. The molecular formula is C11H20O. The van der Waals surface area contributed by atoms with Gasteiger partial charge in [0.15, 0.2) is 0 Å². The van der Waals surface area contributed by atoms with Gasteiger partial charge in [0.1, 0.15) is 5.78 Å². The minimum absolute atomic E-state index is 0.374. The van der Waals surface area contributed by atoms with E-state index in [-0.39, 0.29) is 0 Å². The second-order valence-corrected chi connectivity index (χ2v) is 4.34. The minimum Gasteiger partial charge on any atom is -0.299 e. The maximum absolute atomic E-state index is 11.5. The van der Waals surface area contributed by atoms with Crippen LogP contribution in [0.15, 0.2) is 0 Å². The van der Waals surface area contributed by atoms with E-state index < -0.39 is 0 Å². The largest absolute Gasteiger partial charge is 0.299 e. The van der Waals surface area contributed by atoms with E-state index >= 15 is 0 Å². The van der Waals surface area contributed by atoms with Crippen molar-refractivity contribution in [3.8, 4) is 0 Å². The Kier molecular flexibility index (Phi) is 3.30. The Bertz CT molecular complexity index is 162. The van der Waals surface area contributed by atoms with E-state index in [4.69, 9.17) is 0 Å². The number of Topliss-reactive ketones (excluding diaryl/α,β-unsaturated/α-hetero) is 1. The predicted octanol–water partition coefficient (Wildman–Crippen LogP) is 3.04. The van der Waals surface area contributed by atoms with Gasteiger partial charge in [0.2, 0.25) is 0 Å². The van der Waals surface area contributed by atoms with Crippen LogP contribution in [0.4, 0.5) is 0 Å². The zero-order valence-electron chi connectivity index (χ0n) is 8.47. The van der Waals surface area contributed by atoms with Crippen molar-refractivity contribution in [1.29, 1.82) is 0 Å².